The van der Waals surface area contributed by atoms with Crippen LogP contribution in [-0.2, 0) is 0 Å². The Balaban J connectivity index is 0.000000188. The van der Waals surface area contributed by atoms with E-state index in [0.717, 1.165) is 12.1 Å². The van der Waals surface area contributed by atoms with Crippen LogP contribution >= 0.6 is 0 Å². The normalized spacial score (nSPS) is 25.3. The van der Waals surface area contributed by atoms with Gasteiger partial charge in [0.2, 0.25) is 0 Å². The average molecular weight is 308 g/mol. The smallest absolute Gasteiger partial charge is 0.0492 e. The third-order valence-corrected chi connectivity index (χ3v) is 5.53. The van der Waals surface area contributed by atoms with Gasteiger partial charge in [-0.1, -0.05) is 57.8 Å². The van der Waals surface area contributed by atoms with E-state index in [4.69, 9.17) is 0 Å². The molecule has 0 spiro atoms. The van der Waals surface area contributed by atoms with E-state index in [2.05, 4.69) is 22.6 Å². The van der Waals surface area contributed by atoms with Crippen molar-refractivity contribution in [1.29, 1.82) is 0 Å². The highest BCUT2D eigenvalue weighted by atomic mass is 15.4. The van der Waals surface area contributed by atoms with Crippen LogP contribution in [0.2, 0.25) is 0 Å². The second-order valence-corrected chi connectivity index (χ2v) is 7.43. The van der Waals surface area contributed by atoms with Crippen LogP contribution in [0.1, 0.15) is 96.3 Å². The molecule has 0 heterocycles. The first-order chi connectivity index (χ1) is 10.9. The molecule has 0 aromatic carbocycles. The Kier molecular flexibility index (Phi) is 9.11. The van der Waals surface area contributed by atoms with Crippen molar-refractivity contribution in [3.63, 3.8) is 0 Å². The van der Waals surface area contributed by atoms with Gasteiger partial charge in [-0.2, -0.15) is 0 Å². The molecule has 0 aromatic rings. The molecule has 3 nitrogen and oxygen atoms in total. The summed E-state index contributed by atoms with van der Waals surface area (Å²) in [6.45, 7) is 3.53. The molecule has 22 heavy (non-hydrogen) atoms. The van der Waals surface area contributed by atoms with Crippen molar-refractivity contribution in [3.8, 4) is 0 Å². The first kappa shape index (κ1) is 17.9. The minimum atomic E-state index is 0.601. The zero-order valence-electron chi connectivity index (χ0n) is 14.5. The standard InChI is InChI=1S/C12H24N2.C7H13N/c1-3-7-11(8-4-1)13-14-12-9-5-2-6-10-12;1-8-7-5-3-2-4-6-7/h11-14H,1-10H2;7H,1-6H2. The molecule has 2 N–H and O–H groups in total. The number of nitrogens with zero attached hydrogens (tertiary/aromatic N) is 1. The summed E-state index contributed by atoms with van der Waals surface area (Å²) in [7, 11) is 0. The van der Waals surface area contributed by atoms with Gasteiger partial charge in [-0.3, -0.25) is 15.8 Å². The Morgan fingerprint density at radius 1 is 0.545 bits per heavy atom. The van der Waals surface area contributed by atoms with Crippen molar-refractivity contribution >= 4 is 6.72 Å². The van der Waals surface area contributed by atoms with Gasteiger partial charge < -0.3 is 0 Å². The first-order valence-electron chi connectivity index (χ1n) is 9.85. The molecule has 0 atom stereocenters. The highest BCUT2D eigenvalue weighted by Crippen LogP contribution is 2.20. The summed E-state index contributed by atoms with van der Waals surface area (Å²) in [5.74, 6) is 0. The molecule has 3 aliphatic rings. The average Bonchev–Trinajstić information content (AvgIpc) is 2.63. The van der Waals surface area contributed by atoms with Crippen LogP contribution in [0, 0.1) is 0 Å². The SMILES string of the molecule is C1CCC(NNC2CCCCC2)CC1.C=NC1CCCCC1. The van der Waals surface area contributed by atoms with Gasteiger partial charge in [-0.25, -0.2) is 0 Å². The Bertz CT molecular complexity index is 256. The topological polar surface area (TPSA) is 36.4 Å². The first-order valence-corrected chi connectivity index (χ1v) is 9.85. The lowest BCUT2D eigenvalue weighted by Gasteiger charge is -2.28. The van der Waals surface area contributed by atoms with Crippen LogP contribution < -0.4 is 10.9 Å². The summed E-state index contributed by atoms with van der Waals surface area (Å²) in [6.07, 6.45) is 20.8. The van der Waals surface area contributed by atoms with Gasteiger partial charge in [0.15, 0.2) is 0 Å². The number of aliphatic imine (C=N–C) groups is 1. The largest absolute Gasteiger partial charge is 0.298 e. The summed E-state index contributed by atoms with van der Waals surface area (Å²) in [6, 6.07) is 2.11. The second-order valence-electron chi connectivity index (χ2n) is 7.43. The maximum Gasteiger partial charge on any atom is 0.0492 e. The Labute approximate surface area is 137 Å². The monoisotopic (exact) mass is 307 g/mol. The summed E-state index contributed by atoms with van der Waals surface area (Å²) >= 11 is 0. The molecule has 128 valence electrons. The zero-order valence-corrected chi connectivity index (χ0v) is 14.5. The van der Waals surface area contributed by atoms with Crippen LogP contribution in [0.5, 0.6) is 0 Å². The molecule has 0 unspecified atom stereocenters. The van der Waals surface area contributed by atoms with Gasteiger partial charge >= 0.3 is 0 Å². The second kappa shape index (κ2) is 11.2. The van der Waals surface area contributed by atoms with Crippen molar-refractivity contribution in [1.82, 2.24) is 10.9 Å². The highest BCUT2D eigenvalue weighted by Gasteiger charge is 2.16. The van der Waals surface area contributed by atoms with Crippen LogP contribution in [0.3, 0.4) is 0 Å². The van der Waals surface area contributed by atoms with E-state index in [9.17, 15) is 0 Å². The lowest BCUT2D eigenvalue weighted by Crippen LogP contribution is -2.47. The minimum Gasteiger partial charge on any atom is -0.298 e. The molecule has 3 heteroatoms. The predicted octanol–water partition coefficient (Wildman–Crippen LogP) is 4.77. The summed E-state index contributed by atoms with van der Waals surface area (Å²) < 4.78 is 0. The van der Waals surface area contributed by atoms with Crippen molar-refractivity contribution in [2.24, 2.45) is 4.99 Å². The van der Waals surface area contributed by atoms with Crippen molar-refractivity contribution < 1.29 is 0 Å². The molecule has 3 rings (SSSR count). The van der Waals surface area contributed by atoms with E-state index >= 15 is 0 Å². The fourth-order valence-corrected chi connectivity index (χ4v) is 3.99. The van der Waals surface area contributed by atoms with Gasteiger partial charge in [0.1, 0.15) is 0 Å². The van der Waals surface area contributed by atoms with Gasteiger partial charge in [0.05, 0.1) is 0 Å². The number of hydrazine groups is 1. The fraction of sp³-hybridized carbons (Fsp3) is 0.947. The third kappa shape index (κ3) is 7.23. The molecule has 0 aromatic heterocycles. The molecule has 3 fully saturated rings. The molecule has 3 saturated carbocycles. The number of hydrogen-bond acceptors (Lipinski definition) is 3. The van der Waals surface area contributed by atoms with E-state index < -0.39 is 0 Å². The Hall–Kier alpha value is -0.410. The van der Waals surface area contributed by atoms with Gasteiger partial charge in [-0.15, -0.1) is 0 Å². The van der Waals surface area contributed by atoms with Crippen molar-refractivity contribution in [2.75, 3.05) is 0 Å². The maximum absolute atomic E-state index is 4.00. The predicted molar refractivity (Wildman–Crippen MR) is 96.4 cm³/mol. The van der Waals surface area contributed by atoms with Crippen LogP contribution in [0.25, 0.3) is 0 Å². The van der Waals surface area contributed by atoms with E-state index in [-0.39, 0.29) is 0 Å². The molecular weight excluding hydrogens is 270 g/mol. The summed E-state index contributed by atoms with van der Waals surface area (Å²) in [4.78, 5) is 4.00. The number of nitrogens with one attached hydrogen (secondary N) is 2. The molecule has 0 saturated heterocycles. The molecule has 0 bridgehead atoms. The zero-order chi connectivity index (χ0) is 15.5. The third-order valence-electron chi connectivity index (χ3n) is 5.53. The lowest BCUT2D eigenvalue weighted by atomic mass is 9.95. The Morgan fingerprint density at radius 3 is 1.23 bits per heavy atom. The number of hydrogen-bond donors (Lipinski definition) is 2. The molecule has 0 amide bonds. The summed E-state index contributed by atoms with van der Waals surface area (Å²) in [5, 5.41) is 0. The van der Waals surface area contributed by atoms with Crippen molar-refractivity contribution in [2.45, 2.75) is 114 Å². The molecule has 0 radical (unpaired) electrons. The Morgan fingerprint density at radius 2 is 0.909 bits per heavy atom. The van der Waals surface area contributed by atoms with E-state index in [1.165, 1.54) is 96.3 Å². The maximum atomic E-state index is 4.00. The number of rotatable bonds is 4. The lowest BCUT2D eigenvalue weighted by molar-refractivity contribution is 0.273. The minimum absolute atomic E-state index is 0.601. The fourth-order valence-electron chi connectivity index (χ4n) is 3.99. The van der Waals surface area contributed by atoms with Gasteiger partial charge in [0, 0.05) is 18.1 Å². The summed E-state index contributed by atoms with van der Waals surface area (Å²) in [5.41, 5.74) is 7.08. The van der Waals surface area contributed by atoms with E-state index in [1.54, 1.807) is 0 Å². The molecular formula is C19H37N3. The quantitative estimate of drug-likeness (QED) is 0.580. The van der Waals surface area contributed by atoms with Crippen molar-refractivity contribution in [3.05, 3.63) is 0 Å². The van der Waals surface area contributed by atoms with Crippen LogP contribution in [-0.4, -0.2) is 24.8 Å². The van der Waals surface area contributed by atoms with E-state index in [1.807, 2.05) is 0 Å². The molecule has 0 aliphatic heterocycles. The highest BCUT2D eigenvalue weighted by molar-refractivity contribution is 5.24. The van der Waals surface area contributed by atoms with Gasteiger partial charge in [0.25, 0.3) is 0 Å². The van der Waals surface area contributed by atoms with Crippen LogP contribution in [0.15, 0.2) is 4.99 Å². The van der Waals surface area contributed by atoms with E-state index in [0.29, 0.717) is 6.04 Å². The van der Waals surface area contributed by atoms with Gasteiger partial charge in [-0.05, 0) is 45.2 Å². The molecule has 3 aliphatic carbocycles. The van der Waals surface area contributed by atoms with Crippen LogP contribution in [0.4, 0.5) is 0 Å².